The number of hydrogen-bond donors (Lipinski definition) is 0. The summed E-state index contributed by atoms with van der Waals surface area (Å²) in [6, 6.07) is 0. The first kappa shape index (κ1) is 13.0. The van der Waals surface area contributed by atoms with Gasteiger partial charge in [0.2, 0.25) is 0 Å². The second kappa shape index (κ2) is 5.83. The molecule has 1 heteroatoms. The lowest BCUT2D eigenvalue weighted by Crippen LogP contribution is -2.05. The fraction of sp³-hybridized carbons (Fsp3) is 0.533. The van der Waals surface area contributed by atoms with Gasteiger partial charge in [-0.2, -0.15) is 0 Å². The van der Waals surface area contributed by atoms with Crippen molar-refractivity contribution in [1.29, 1.82) is 0 Å². The van der Waals surface area contributed by atoms with Gasteiger partial charge < -0.3 is 0 Å². The number of carbonyl (C=O) groups excluding carboxylic acids is 1. The molecule has 0 spiro atoms. The molecule has 1 rings (SSSR count). The van der Waals surface area contributed by atoms with Crippen LogP contribution in [0.1, 0.15) is 53.4 Å². The number of hydrogen-bond acceptors (Lipinski definition) is 1. The van der Waals surface area contributed by atoms with Gasteiger partial charge in [-0.05, 0) is 52.5 Å². The van der Waals surface area contributed by atoms with Crippen LogP contribution in [0.4, 0.5) is 0 Å². The smallest absolute Gasteiger partial charge is 0.163 e. The van der Waals surface area contributed by atoms with Crippen molar-refractivity contribution in [3.63, 3.8) is 0 Å². The highest BCUT2D eigenvalue weighted by atomic mass is 16.1. The van der Waals surface area contributed by atoms with Gasteiger partial charge in [0, 0.05) is 6.42 Å². The summed E-state index contributed by atoms with van der Waals surface area (Å²) in [5.74, 6) is 0.291. The molecule has 0 aromatic carbocycles. The summed E-state index contributed by atoms with van der Waals surface area (Å²) in [7, 11) is 0. The van der Waals surface area contributed by atoms with Crippen LogP contribution in [0.3, 0.4) is 0 Å². The van der Waals surface area contributed by atoms with E-state index in [2.05, 4.69) is 26.0 Å². The van der Waals surface area contributed by atoms with Crippen LogP contribution in [-0.4, -0.2) is 5.78 Å². The lowest BCUT2D eigenvalue weighted by atomic mass is 9.94. The Bertz CT molecular complexity index is 363. The third kappa shape index (κ3) is 3.80. The molecule has 88 valence electrons. The van der Waals surface area contributed by atoms with Gasteiger partial charge in [0.25, 0.3) is 0 Å². The van der Waals surface area contributed by atoms with E-state index in [0.717, 1.165) is 30.4 Å². The van der Waals surface area contributed by atoms with Crippen molar-refractivity contribution in [2.45, 2.75) is 53.4 Å². The van der Waals surface area contributed by atoms with Gasteiger partial charge in [0.1, 0.15) is 0 Å². The zero-order valence-corrected chi connectivity index (χ0v) is 10.9. The van der Waals surface area contributed by atoms with Crippen LogP contribution in [0.25, 0.3) is 0 Å². The van der Waals surface area contributed by atoms with Gasteiger partial charge in [-0.15, -0.1) is 0 Å². The third-order valence-electron chi connectivity index (χ3n) is 3.07. The van der Waals surface area contributed by atoms with Crippen molar-refractivity contribution in [3.05, 3.63) is 34.4 Å². The largest absolute Gasteiger partial charge is 0.294 e. The van der Waals surface area contributed by atoms with E-state index in [1.807, 2.05) is 13.8 Å². The number of Topliss-reactive ketones (excluding diaryl/α,β-unsaturated/α-hetero) is 1. The highest BCUT2D eigenvalue weighted by Crippen LogP contribution is 2.20. The summed E-state index contributed by atoms with van der Waals surface area (Å²) in [6.45, 7) is 8.27. The first-order valence-electron chi connectivity index (χ1n) is 6.01. The molecule has 0 aromatic heterocycles. The van der Waals surface area contributed by atoms with Crippen molar-refractivity contribution in [3.8, 4) is 0 Å². The molecule has 0 amide bonds. The summed E-state index contributed by atoms with van der Waals surface area (Å²) in [6.07, 6.45) is 7.97. The predicted molar refractivity (Wildman–Crippen MR) is 69.4 cm³/mol. The summed E-state index contributed by atoms with van der Waals surface area (Å²) >= 11 is 0. The number of carbonyl (C=O) groups is 1. The molecule has 1 aliphatic carbocycles. The molecule has 0 fully saturated rings. The molecule has 0 atom stereocenters. The van der Waals surface area contributed by atoms with Crippen LogP contribution in [0.5, 0.6) is 0 Å². The minimum absolute atomic E-state index is 0.291. The zero-order valence-electron chi connectivity index (χ0n) is 10.9. The van der Waals surface area contributed by atoms with Crippen LogP contribution in [0.15, 0.2) is 34.4 Å². The fourth-order valence-electron chi connectivity index (χ4n) is 1.95. The normalized spacial score (nSPS) is 22.2. The molecule has 0 saturated heterocycles. The van der Waals surface area contributed by atoms with Gasteiger partial charge in [-0.1, -0.05) is 28.9 Å². The van der Waals surface area contributed by atoms with E-state index in [4.69, 9.17) is 0 Å². The van der Waals surface area contributed by atoms with Gasteiger partial charge in [-0.25, -0.2) is 0 Å². The second-order valence-corrected chi connectivity index (χ2v) is 4.92. The SMILES string of the molecule is CC1=CCC/C(C)=C/CC(=C(C)C)C(=O)C1. The van der Waals surface area contributed by atoms with E-state index < -0.39 is 0 Å². The van der Waals surface area contributed by atoms with Crippen molar-refractivity contribution < 1.29 is 4.79 Å². The standard InChI is InChI=1S/C15H22O/c1-11(2)14-9-8-12(3)6-5-7-13(4)10-15(14)16/h7-8H,5-6,9-10H2,1-4H3/b12-8+,13-7?. The van der Waals surface area contributed by atoms with Crippen LogP contribution < -0.4 is 0 Å². The summed E-state index contributed by atoms with van der Waals surface area (Å²) in [4.78, 5) is 12.1. The molecule has 1 nitrogen and oxygen atoms in total. The van der Waals surface area contributed by atoms with Crippen molar-refractivity contribution >= 4 is 5.78 Å². The Morgan fingerprint density at radius 2 is 1.81 bits per heavy atom. The number of ketones is 1. The van der Waals surface area contributed by atoms with Crippen LogP contribution in [0, 0.1) is 0 Å². The molecule has 0 aliphatic heterocycles. The van der Waals surface area contributed by atoms with E-state index in [9.17, 15) is 4.79 Å². The summed E-state index contributed by atoms with van der Waals surface area (Å²) < 4.78 is 0. The van der Waals surface area contributed by atoms with Gasteiger partial charge in [-0.3, -0.25) is 4.79 Å². The maximum Gasteiger partial charge on any atom is 0.163 e. The maximum absolute atomic E-state index is 12.1. The molecule has 0 unspecified atom stereocenters. The van der Waals surface area contributed by atoms with E-state index in [1.54, 1.807) is 0 Å². The molecule has 0 saturated carbocycles. The van der Waals surface area contributed by atoms with E-state index in [1.165, 1.54) is 11.1 Å². The average Bonchev–Trinajstić information content (AvgIpc) is 2.16. The lowest BCUT2D eigenvalue weighted by molar-refractivity contribution is -0.115. The molecular weight excluding hydrogens is 196 g/mol. The fourth-order valence-corrected chi connectivity index (χ4v) is 1.95. The monoisotopic (exact) mass is 218 g/mol. The Morgan fingerprint density at radius 1 is 1.12 bits per heavy atom. The average molecular weight is 218 g/mol. The van der Waals surface area contributed by atoms with Crippen molar-refractivity contribution in [2.75, 3.05) is 0 Å². The Labute approximate surface area is 98.9 Å². The Morgan fingerprint density at radius 3 is 2.44 bits per heavy atom. The maximum atomic E-state index is 12.1. The number of allylic oxidation sites excluding steroid dienone is 6. The summed E-state index contributed by atoms with van der Waals surface area (Å²) in [5.41, 5.74) is 4.74. The molecular formula is C15H22O. The Hall–Kier alpha value is -1.11. The van der Waals surface area contributed by atoms with Gasteiger partial charge in [0.15, 0.2) is 5.78 Å². The van der Waals surface area contributed by atoms with Crippen LogP contribution in [-0.2, 0) is 4.79 Å². The molecule has 0 bridgehead atoms. The van der Waals surface area contributed by atoms with E-state index >= 15 is 0 Å². The molecule has 0 aromatic rings. The molecule has 1 aliphatic rings. The number of rotatable bonds is 0. The molecule has 0 heterocycles. The molecule has 0 radical (unpaired) electrons. The quantitative estimate of drug-likeness (QED) is 0.436. The molecule has 0 N–H and O–H groups in total. The second-order valence-electron chi connectivity index (χ2n) is 4.92. The lowest BCUT2D eigenvalue weighted by Gasteiger charge is -2.10. The minimum Gasteiger partial charge on any atom is -0.294 e. The predicted octanol–water partition coefficient (Wildman–Crippen LogP) is 4.36. The van der Waals surface area contributed by atoms with Crippen LogP contribution >= 0.6 is 0 Å². The van der Waals surface area contributed by atoms with Gasteiger partial charge >= 0.3 is 0 Å². The van der Waals surface area contributed by atoms with E-state index in [-0.39, 0.29) is 0 Å². The third-order valence-corrected chi connectivity index (χ3v) is 3.07. The highest BCUT2D eigenvalue weighted by molar-refractivity contribution is 5.97. The van der Waals surface area contributed by atoms with E-state index in [0.29, 0.717) is 12.2 Å². The molecule has 16 heavy (non-hydrogen) atoms. The van der Waals surface area contributed by atoms with Crippen LogP contribution in [0.2, 0.25) is 0 Å². The first-order chi connectivity index (χ1) is 7.50. The summed E-state index contributed by atoms with van der Waals surface area (Å²) in [5, 5.41) is 0. The van der Waals surface area contributed by atoms with Gasteiger partial charge in [0.05, 0.1) is 0 Å². The first-order valence-corrected chi connectivity index (χ1v) is 6.01. The Kier molecular flexibility index (Phi) is 4.72. The van der Waals surface area contributed by atoms with Crippen molar-refractivity contribution in [1.82, 2.24) is 0 Å². The highest BCUT2D eigenvalue weighted by Gasteiger charge is 2.11. The van der Waals surface area contributed by atoms with Crippen molar-refractivity contribution in [2.24, 2.45) is 0 Å². The Balaban J connectivity index is 2.99. The topological polar surface area (TPSA) is 17.1 Å². The zero-order chi connectivity index (χ0) is 12.1. The minimum atomic E-state index is 0.291.